The molecule has 0 radical (unpaired) electrons. The van der Waals surface area contributed by atoms with E-state index in [0.717, 1.165) is 11.4 Å². The molecule has 0 saturated carbocycles. The molecule has 1 amide bonds. The number of amides is 1. The van der Waals surface area contributed by atoms with E-state index in [2.05, 4.69) is 15.3 Å². The number of aromatic nitrogens is 2. The number of nitrogens with one attached hydrogen (secondary N) is 1. The fourth-order valence-corrected chi connectivity index (χ4v) is 2.68. The Labute approximate surface area is 147 Å². The first-order valence-electron chi connectivity index (χ1n) is 8.42. The molecule has 7 heteroatoms. The fraction of sp³-hybridized carbons (Fsp3) is 0.389. The van der Waals surface area contributed by atoms with Gasteiger partial charge in [0.1, 0.15) is 30.5 Å². The molecule has 0 unspecified atom stereocenters. The predicted octanol–water partition coefficient (Wildman–Crippen LogP) is 2.78. The Morgan fingerprint density at radius 1 is 1.12 bits per heavy atom. The minimum atomic E-state index is -0.0966. The van der Waals surface area contributed by atoms with Crippen LogP contribution in [-0.2, 0) is 0 Å². The van der Waals surface area contributed by atoms with Gasteiger partial charge in [-0.2, -0.15) is 0 Å². The van der Waals surface area contributed by atoms with Crippen molar-refractivity contribution >= 4 is 17.4 Å². The van der Waals surface area contributed by atoms with Crippen molar-refractivity contribution in [3.05, 3.63) is 35.8 Å². The average Bonchev–Trinajstić information content (AvgIpc) is 2.62. The summed E-state index contributed by atoms with van der Waals surface area (Å²) in [5, 5.41) is 3.21. The number of fused-ring (bicyclic) bond motifs is 1. The molecule has 0 bridgehead atoms. The molecule has 132 valence electrons. The summed E-state index contributed by atoms with van der Waals surface area (Å²) < 4.78 is 11.1. The van der Waals surface area contributed by atoms with Gasteiger partial charge in [0.2, 0.25) is 0 Å². The SMILES string of the molecule is CCN(CC)C(=O)c1cc(Nc2ccc3c(c2)OCCO3)nc(C)n1. The molecule has 25 heavy (non-hydrogen) atoms. The van der Waals surface area contributed by atoms with E-state index in [9.17, 15) is 4.79 Å². The fourth-order valence-electron chi connectivity index (χ4n) is 2.68. The lowest BCUT2D eigenvalue weighted by molar-refractivity contribution is 0.0766. The third-order valence-corrected chi connectivity index (χ3v) is 3.92. The molecule has 2 heterocycles. The lowest BCUT2D eigenvalue weighted by Gasteiger charge is -2.20. The van der Waals surface area contributed by atoms with Crippen molar-refractivity contribution in [2.24, 2.45) is 0 Å². The highest BCUT2D eigenvalue weighted by molar-refractivity contribution is 5.93. The van der Waals surface area contributed by atoms with E-state index in [-0.39, 0.29) is 5.91 Å². The van der Waals surface area contributed by atoms with Crippen molar-refractivity contribution in [2.75, 3.05) is 31.6 Å². The lowest BCUT2D eigenvalue weighted by Crippen LogP contribution is -2.31. The van der Waals surface area contributed by atoms with Crippen LogP contribution < -0.4 is 14.8 Å². The number of ether oxygens (including phenoxy) is 2. The van der Waals surface area contributed by atoms with Gasteiger partial charge >= 0.3 is 0 Å². The maximum absolute atomic E-state index is 12.5. The Bertz CT molecular complexity index is 775. The minimum absolute atomic E-state index is 0.0966. The summed E-state index contributed by atoms with van der Waals surface area (Å²) in [6, 6.07) is 7.27. The van der Waals surface area contributed by atoms with E-state index in [4.69, 9.17) is 9.47 Å². The zero-order chi connectivity index (χ0) is 17.8. The van der Waals surface area contributed by atoms with Crippen LogP contribution in [0.3, 0.4) is 0 Å². The van der Waals surface area contributed by atoms with Crippen molar-refractivity contribution in [3.8, 4) is 11.5 Å². The summed E-state index contributed by atoms with van der Waals surface area (Å²) in [5.41, 5.74) is 1.19. The van der Waals surface area contributed by atoms with Gasteiger partial charge in [-0.1, -0.05) is 0 Å². The van der Waals surface area contributed by atoms with Crippen LogP contribution in [0.1, 0.15) is 30.2 Å². The Kier molecular flexibility index (Phi) is 5.02. The quantitative estimate of drug-likeness (QED) is 0.900. The molecular formula is C18H22N4O3. The first-order valence-corrected chi connectivity index (χ1v) is 8.42. The summed E-state index contributed by atoms with van der Waals surface area (Å²) in [7, 11) is 0. The molecule has 1 aromatic heterocycles. The summed E-state index contributed by atoms with van der Waals surface area (Å²) in [4.78, 5) is 22.9. The number of hydrogen-bond donors (Lipinski definition) is 1. The van der Waals surface area contributed by atoms with Gasteiger partial charge in [0.05, 0.1) is 0 Å². The van der Waals surface area contributed by atoms with E-state index in [1.54, 1.807) is 17.9 Å². The van der Waals surface area contributed by atoms with Crippen LogP contribution in [0.25, 0.3) is 0 Å². The zero-order valence-corrected chi connectivity index (χ0v) is 14.7. The topological polar surface area (TPSA) is 76.6 Å². The van der Waals surface area contributed by atoms with E-state index >= 15 is 0 Å². The second-order valence-electron chi connectivity index (χ2n) is 5.65. The first-order chi connectivity index (χ1) is 12.1. The first kappa shape index (κ1) is 17.0. The number of rotatable bonds is 5. The molecule has 1 aliphatic rings. The van der Waals surface area contributed by atoms with Crippen LogP contribution in [0.15, 0.2) is 24.3 Å². The maximum atomic E-state index is 12.5. The molecule has 1 aliphatic heterocycles. The van der Waals surface area contributed by atoms with Crippen LogP contribution >= 0.6 is 0 Å². The van der Waals surface area contributed by atoms with E-state index < -0.39 is 0 Å². The number of carbonyl (C=O) groups excluding carboxylic acids is 1. The van der Waals surface area contributed by atoms with Gasteiger partial charge < -0.3 is 19.7 Å². The third kappa shape index (κ3) is 3.81. The summed E-state index contributed by atoms with van der Waals surface area (Å²) in [5.74, 6) is 2.44. The Morgan fingerprint density at radius 3 is 2.56 bits per heavy atom. The monoisotopic (exact) mass is 342 g/mol. The van der Waals surface area contributed by atoms with Gasteiger partial charge in [-0.3, -0.25) is 4.79 Å². The molecule has 0 atom stereocenters. The predicted molar refractivity (Wildman–Crippen MR) is 94.7 cm³/mol. The second kappa shape index (κ2) is 7.38. The van der Waals surface area contributed by atoms with Crippen molar-refractivity contribution in [3.63, 3.8) is 0 Å². The van der Waals surface area contributed by atoms with Gasteiger partial charge in [0.15, 0.2) is 11.5 Å². The molecule has 1 N–H and O–H groups in total. The van der Waals surface area contributed by atoms with Gasteiger partial charge in [-0.05, 0) is 32.9 Å². The number of benzene rings is 1. The molecule has 0 spiro atoms. The highest BCUT2D eigenvalue weighted by Crippen LogP contribution is 2.33. The molecule has 1 aromatic carbocycles. The molecular weight excluding hydrogens is 320 g/mol. The second-order valence-corrected chi connectivity index (χ2v) is 5.65. The van der Waals surface area contributed by atoms with Crippen molar-refractivity contribution < 1.29 is 14.3 Å². The number of hydrogen-bond acceptors (Lipinski definition) is 6. The summed E-state index contributed by atoms with van der Waals surface area (Å²) in [6.45, 7) is 8.04. The lowest BCUT2D eigenvalue weighted by atomic mass is 10.2. The van der Waals surface area contributed by atoms with Gasteiger partial charge in [-0.15, -0.1) is 0 Å². The van der Waals surface area contributed by atoms with Gasteiger partial charge in [-0.25, -0.2) is 9.97 Å². The Morgan fingerprint density at radius 2 is 1.84 bits per heavy atom. The number of aryl methyl sites for hydroxylation is 1. The normalized spacial score (nSPS) is 12.6. The van der Waals surface area contributed by atoms with Crippen molar-refractivity contribution in [1.82, 2.24) is 14.9 Å². The standard InChI is InChI=1S/C18H22N4O3/c1-4-22(5-2)18(23)14-11-17(20-12(3)19-14)21-13-6-7-15-16(10-13)25-9-8-24-15/h6-7,10-11H,4-5,8-9H2,1-3H3,(H,19,20,21). The highest BCUT2D eigenvalue weighted by Gasteiger charge is 2.17. The van der Waals surface area contributed by atoms with E-state index in [1.807, 2.05) is 32.0 Å². The van der Waals surface area contributed by atoms with Crippen LogP contribution in [-0.4, -0.2) is 47.1 Å². The Balaban J connectivity index is 1.84. The van der Waals surface area contributed by atoms with Crippen molar-refractivity contribution in [1.29, 1.82) is 0 Å². The van der Waals surface area contributed by atoms with E-state index in [0.29, 0.717) is 49.4 Å². The van der Waals surface area contributed by atoms with Crippen molar-refractivity contribution in [2.45, 2.75) is 20.8 Å². The molecule has 7 nitrogen and oxygen atoms in total. The largest absolute Gasteiger partial charge is 0.486 e. The highest BCUT2D eigenvalue weighted by atomic mass is 16.6. The summed E-state index contributed by atoms with van der Waals surface area (Å²) >= 11 is 0. The maximum Gasteiger partial charge on any atom is 0.272 e. The third-order valence-electron chi connectivity index (χ3n) is 3.92. The molecule has 0 aliphatic carbocycles. The molecule has 0 fully saturated rings. The van der Waals surface area contributed by atoms with Gasteiger partial charge in [0, 0.05) is 30.9 Å². The van der Waals surface area contributed by atoms with Crippen LogP contribution in [0.2, 0.25) is 0 Å². The minimum Gasteiger partial charge on any atom is -0.486 e. The van der Waals surface area contributed by atoms with Gasteiger partial charge in [0.25, 0.3) is 5.91 Å². The summed E-state index contributed by atoms with van der Waals surface area (Å²) in [6.07, 6.45) is 0. The smallest absolute Gasteiger partial charge is 0.272 e. The van der Waals surface area contributed by atoms with E-state index in [1.165, 1.54) is 0 Å². The van der Waals surface area contributed by atoms with Crippen LogP contribution in [0.5, 0.6) is 11.5 Å². The van der Waals surface area contributed by atoms with Crippen LogP contribution in [0.4, 0.5) is 11.5 Å². The molecule has 3 rings (SSSR count). The molecule has 0 saturated heterocycles. The molecule has 2 aromatic rings. The zero-order valence-electron chi connectivity index (χ0n) is 14.7. The number of nitrogens with zero attached hydrogens (tertiary/aromatic N) is 3. The Hall–Kier alpha value is -2.83. The van der Waals surface area contributed by atoms with Crippen LogP contribution in [0, 0.1) is 6.92 Å². The number of carbonyl (C=O) groups is 1. The number of anilines is 2. The average molecular weight is 342 g/mol.